The highest BCUT2D eigenvalue weighted by molar-refractivity contribution is 5.68. The highest BCUT2D eigenvalue weighted by Gasteiger charge is 2.46. The standard InChI is InChI=1S/C19H29N5O2/c1-13-9-15(17-21-20-12-24(17)22-13)23-7-5-19(6-8-23)11-14(25)10-16(26-19)18(2,3)4/h9,12,14,16,25H,5-8,10-11H2,1-4H3/t14-,16-/m1/s1. The van der Waals surface area contributed by atoms with E-state index in [9.17, 15) is 5.11 Å². The molecule has 2 aromatic rings. The predicted molar refractivity (Wildman–Crippen MR) is 99.3 cm³/mol. The fourth-order valence-corrected chi connectivity index (χ4v) is 4.33. The highest BCUT2D eigenvalue weighted by atomic mass is 16.5. The second kappa shape index (κ2) is 6.16. The molecule has 0 aliphatic carbocycles. The van der Waals surface area contributed by atoms with Crippen LogP contribution in [0.3, 0.4) is 0 Å². The summed E-state index contributed by atoms with van der Waals surface area (Å²) in [5.41, 5.74) is 2.65. The van der Waals surface area contributed by atoms with E-state index in [0.717, 1.165) is 55.8 Å². The van der Waals surface area contributed by atoms with E-state index in [0.29, 0.717) is 0 Å². The number of fused-ring (bicyclic) bond motifs is 1. The minimum atomic E-state index is -0.272. The summed E-state index contributed by atoms with van der Waals surface area (Å²) < 4.78 is 8.34. The van der Waals surface area contributed by atoms with Crippen LogP contribution < -0.4 is 4.90 Å². The van der Waals surface area contributed by atoms with Crippen LogP contribution in [0.1, 0.15) is 52.1 Å². The zero-order chi connectivity index (χ0) is 18.5. The number of ether oxygens (including phenoxy) is 1. The third-order valence-corrected chi connectivity index (χ3v) is 5.84. The van der Waals surface area contributed by atoms with Crippen LogP contribution in [-0.2, 0) is 4.74 Å². The summed E-state index contributed by atoms with van der Waals surface area (Å²) in [5.74, 6) is 0. The van der Waals surface area contributed by atoms with Crippen LogP contribution in [0.5, 0.6) is 0 Å². The maximum atomic E-state index is 10.5. The molecule has 1 N–H and O–H groups in total. The molecule has 0 bridgehead atoms. The van der Waals surface area contributed by atoms with Crippen molar-refractivity contribution in [3.8, 4) is 0 Å². The molecule has 7 nitrogen and oxygen atoms in total. The molecule has 0 amide bonds. The van der Waals surface area contributed by atoms with Crippen LogP contribution in [0.25, 0.3) is 5.65 Å². The number of aliphatic hydroxyl groups excluding tert-OH is 1. The zero-order valence-corrected chi connectivity index (χ0v) is 16.1. The van der Waals surface area contributed by atoms with E-state index >= 15 is 0 Å². The predicted octanol–water partition coefficient (Wildman–Crippen LogP) is 2.36. The van der Waals surface area contributed by atoms with Gasteiger partial charge < -0.3 is 14.7 Å². The van der Waals surface area contributed by atoms with Crippen LogP contribution in [0.15, 0.2) is 12.4 Å². The summed E-state index contributed by atoms with van der Waals surface area (Å²) in [4.78, 5) is 2.35. The van der Waals surface area contributed by atoms with Gasteiger partial charge in [0.1, 0.15) is 6.33 Å². The number of aromatic nitrogens is 4. The van der Waals surface area contributed by atoms with Crippen LogP contribution in [0.2, 0.25) is 0 Å². The molecule has 4 heterocycles. The molecule has 2 fully saturated rings. The fourth-order valence-electron chi connectivity index (χ4n) is 4.33. The van der Waals surface area contributed by atoms with Gasteiger partial charge in [-0.3, -0.25) is 0 Å². The van der Waals surface area contributed by atoms with Crippen molar-refractivity contribution in [2.45, 2.75) is 71.2 Å². The molecule has 0 saturated carbocycles. The van der Waals surface area contributed by atoms with Gasteiger partial charge in [-0.05, 0) is 31.2 Å². The van der Waals surface area contributed by atoms with Gasteiger partial charge in [0.2, 0.25) is 5.65 Å². The summed E-state index contributed by atoms with van der Waals surface area (Å²) in [5, 5.41) is 23.1. The minimum Gasteiger partial charge on any atom is -0.393 e. The summed E-state index contributed by atoms with van der Waals surface area (Å²) in [6.07, 6.45) is 4.78. The molecule has 26 heavy (non-hydrogen) atoms. The quantitative estimate of drug-likeness (QED) is 0.842. The molecule has 0 radical (unpaired) electrons. The summed E-state index contributed by atoms with van der Waals surface area (Å²) in [6, 6.07) is 2.08. The van der Waals surface area contributed by atoms with Gasteiger partial charge in [-0.1, -0.05) is 20.8 Å². The van der Waals surface area contributed by atoms with Gasteiger partial charge in [0, 0.05) is 25.9 Å². The second-order valence-corrected chi connectivity index (χ2v) is 9.01. The summed E-state index contributed by atoms with van der Waals surface area (Å²) in [6.45, 7) is 10.3. The van der Waals surface area contributed by atoms with E-state index in [1.807, 2.05) is 6.92 Å². The van der Waals surface area contributed by atoms with Gasteiger partial charge >= 0.3 is 0 Å². The number of piperidine rings is 1. The van der Waals surface area contributed by atoms with Crippen molar-refractivity contribution in [1.29, 1.82) is 0 Å². The Balaban J connectivity index is 1.54. The molecule has 2 aliphatic heterocycles. The average Bonchev–Trinajstić information content (AvgIpc) is 3.01. The Hall–Kier alpha value is -1.73. The molecule has 2 aliphatic rings. The van der Waals surface area contributed by atoms with Crippen LogP contribution in [0.4, 0.5) is 5.69 Å². The maximum absolute atomic E-state index is 10.5. The molecular weight excluding hydrogens is 330 g/mol. The summed E-state index contributed by atoms with van der Waals surface area (Å²) >= 11 is 0. The zero-order valence-electron chi connectivity index (χ0n) is 16.1. The number of aryl methyl sites for hydroxylation is 1. The molecule has 2 atom stereocenters. The van der Waals surface area contributed by atoms with Crippen LogP contribution >= 0.6 is 0 Å². The first-order valence-electron chi connectivity index (χ1n) is 9.54. The number of nitrogens with zero attached hydrogens (tertiary/aromatic N) is 5. The molecular formula is C19H29N5O2. The third kappa shape index (κ3) is 3.18. The van der Waals surface area contributed by atoms with Crippen molar-refractivity contribution in [1.82, 2.24) is 19.8 Å². The van der Waals surface area contributed by atoms with Gasteiger partial charge in [-0.25, -0.2) is 0 Å². The molecule has 0 unspecified atom stereocenters. The number of hydrogen-bond acceptors (Lipinski definition) is 6. The van der Waals surface area contributed by atoms with Crippen molar-refractivity contribution in [2.24, 2.45) is 5.41 Å². The molecule has 142 valence electrons. The SMILES string of the molecule is Cc1cc(N2CCC3(CC2)C[C@H](O)C[C@H](C(C)(C)C)O3)c2nncn2n1. The molecule has 0 aromatic carbocycles. The van der Waals surface area contributed by atoms with Gasteiger partial charge in [0.15, 0.2) is 0 Å². The van der Waals surface area contributed by atoms with E-state index in [1.54, 1.807) is 10.8 Å². The lowest BCUT2D eigenvalue weighted by molar-refractivity contribution is -0.199. The first-order valence-corrected chi connectivity index (χ1v) is 9.54. The Kier molecular flexibility index (Phi) is 4.19. The Bertz CT molecular complexity index is 789. The number of aliphatic hydroxyl groups is 1. The van der Waals surface area contributed by atoms with Gasteiger partial charge in [0.25, 0.3) is 0 Å². The van der Waals surface area contributed by atoms with Gasteiger partial charge in [-0.2, -0.15) is 9.61 Å². The molecule has 2 saturated heterocycles. The highest BCUT2D eigenvalue weighted by Crippen LogP contribution is 2.43. The van der Waals surface area contributed by atoms with E-state index in [2.05, 4.69) is 47.0 Å². The lowest BCUT2D eigenvalue weighted by Crippen LogP contribution is -2.55. The fraction of sp³-hybridized carbons (Fsp3) is 0.737. The van der Waals surface area contributed by atoms with E-state index in [4.69, 9.17) is 4.74 Å². The maximum Gasteiger partial charge on any atom is 0.200 e. The van der Waals surface area contributed by atoms with E-state index in [-0.39, 0.29) is 23.2 Å². The second-order valence-electron chi connectivity index (χ2n) is 9.01. The number of anilines is 1. The van der Waals surface area contributed by atoms with Crippen molar-refractivity contribution in [2.75, 3.05) is 18.0 Å². The number of rotatable bonds is 1. The Morgan fingerprint density at radius 3 is 2.69 bits per heavy atom. The third-order valence-electron chi connectivity index (χ3n) is 5.84. The Morgan fingerprint density at radius 1 is 1.27 bits per heavy atom. The van der Waals surface area contributed by atoms with Crippen molar-refractivity contribution >= 4 is 11.3 Å². The molecule has 1 spiro atoms. The smallest absolute Gasteiger partial charge is 0.200 e. The first kappa shape index (κ1) is 17.7. The van der Waals surface area contributed by atoms with Crippen LogP contribution in [0, 0.1) is 12.3 Å². The lowest BCUT2D eigenvalue weighted by Gasteiger charge is -2.51. The average molecular weight is 359 g/mol. The topological polar surface area (TPSA) is 75.8 Å². The number of hydrogen-bond donors (Lipinski definition) is 1. The van der Waals surface area contributed by atoms with Crippen molar-refractivity contribution < 1.29 is 9.84 Å². The minimum absolute atomic E-state index is 0.0431. The van der Waals surface area contributed by atoms with Gasteiger partial charge in [-0.15, -0.1) is 10.2 Å². The molecule has 4 rings (SSSR count). The Labute approximate surface area is 154 Å². The molecule has 7 heteroatoms. The summed E-state index contributed by atoms with van der Waals surface area (Å²) in [7, 11) is 0. The largest absolute Gasteiger partial charge is 0.393 e. The van der Waals surface area contributed by atoms with Crippen molar-refractivity contribution in [3.05, 3.63) is 18.1 Å². The van der Waals surface area contributed by atoms with Crippen molar-refractivity contribution in [3.63, 3.8) is 0 Å². The Morgan fingerprint density at radius 2 is 2.00 bits per heavy atom. The van der Waals surface area contributed by atoms with Crippen LogP contribution in [-0.4, -0.2) is 55.8 Å². The normalized spacial score (nSPS) is 26.6. The molecule has 2 aromatic heterocycles. The first-order chi connectivity index (χ1) is 12.3. The lowest BCUT2D eigenvalue weighted by atomic mass is 9.76. The van der Waals surface area contributed by atoms with Gasteiger partial charge in [0.05, 0.1) is 29.2 Å². The van der Waals surface area contributed by atoms with E-state index in [1.165, 1.54) is 0 Å². The monoisotopic (exact) mass is 359 g/mol. The van der Waals surface area contributed by atoms with E-state index < -0.39 is 0 Å².